The van der Waals surface area contributed by atoms with Crippen molar-refractivity contribution in [3.63, 3.8) is 0 Å². The van der Waals surface area contributed by atoms with E-state index in [1.54, 1.807) is 12.7 Å². The number of halogens is 1. The predicted molar refractivity (Wildman–Crippen MR) is 84.8 cm³/mol. The number of benzene rings is 1. The van der Waals surface area contributed by atoms with E-state index in [0.29, 0.717) is 16.5 Å². The Labute approximate surface area is 134 Å². The van der Waals surface area contributed by atoms with Gasteiger partial charge in [-0.15, -0.1) is 0 Å². The summed E-state index contributed by atoms with van der Waals surface area (Å²) in [7, 11) is 0. The fraction of sp³-hybridized carbons (Fsp3) is 0.438. The van der Waals surface area contributed by atoms with E-state index < -0.39 is 0 Å². The summed E-state index contributed by atoms with van der Waals surface area (Å²) in [5.74, 6) is 0.573. The van der Waals surface area contributed by atoms with Gasteiger partial charge in [0, 0.05) is 19.6 Å². The van der Waals surface area contributed by atoms with E-state index in [1.165, 1.54) is 0 Å². The van der Waals surface area contributed by atoms with Crippen LogP contribution in [0.1, 0.15) is 28.8 Å². The molecular formula is C16H19ClN4O. The fourth-order valence-corrected chi connectivity index (χ4v) is 3.19. The van der Waals surface area contributed by atoms with Crippen LogP contribution in [0.15, 0.2) is 30.9 Å². The second kappa shape index (κ2) is 6.48. The zero-order chi connectivity index (χ0) is 15.5. The third kappa shape index (κ3) is 3.30. The molecule has 0 N–H and O–H groups in total. The Balaban J connectivity index is 1.60. The molecule has 2 aromatic rings. The number of likely N-dealkylation sites (tertiary alicyclic amines) is 1. The minimum atomic E-state index is 0.0317. The number of carbonyl (C=O) groups is 1. The zero-order valence-corrected chi connectivity index (χ0v) is 13.3. The lowest BCUT2D eigenvalue weighted by Crippen LogP contribution is -2.39. The van der Waals surface area contributed by atoms with Gasteiger partial charge >= 0.3 is 0 Å². The second-order valence-electron chi connectivity index (χ2n) is 5.84. The Kier molecular flexibility index (Phi) is 4.43. The lowest BCUT2D eigenvalue weighted by molar-refractivity contribution is 0.0681. The number of amides is 1. The second-order valence-corrected chi connectivity index (χ2v) is 6.24. The van der Waals surface area contributed by atoms with Crippen molar-refractivity contribution in [1.82, 2.24) is 19.7 Å². The van der Waals surface area contributed by atoms with Crippen LogP contribution < -0.4 is 0 Å². The Morgan fingerprint density at radius 2 is 2.14 bits per heavy atom. The first-order valence-electron chi connectivity index (χ1n) is 7.51. The summed E-state index contributed by atoms with van der Waals surface area (Å²) < 4.78 is 1.86. The molecule has 0 atom stereocenters. The van der Waals surface area contributed by atoms with Gasteiger partial charge in [-0.25, -0.2) is 4.98 Å². The lowest BCUT2D eigenvalue weighted by atomic mass is 9.96. The highest BCUT2D eigenvalue weighted by Crippen LogP contribution is 2.24. The zero-order valence-electron chi connectivity index (χ0n) is 12.6. The topological polar surface area (TPSA) is 51.0 Å². The first-order chi connectivity index (χ1) is 10.6. The highest BCUT2D eigenvalue weighted by Gasteiger charge is 2.25. The SMILES string of the molecule is Cc1ccc(C(=O)N2CCC(Cn3cncn3)CC2)c(Cl)c1. The van der Waals surface area contributed by atoms with E-state index in [1.807, 2.05) is 34.7 Å². The summed E-state index contributed by atoms with van der Waals surface area (Å²) in [5.41, 5.74) is 1.66. The van der Waals surface area contributed by atoms with Crippen molar-refractivity contribution >= 4 is 17.5 Å². The van der Waals surface area contributed by atoms with Gasteiger partial charge in [0.25, 0.3) is 5.91 Å². The maximum Gasteiger partial charge on any atom is 0.255 e. The van der Waals surface area contributed by atoms with Crippen molar-refractivity contribution in [1.29, 1.82) is 0 Å². The molecular weight excluding hydrogens is 300 g/mol. The highest BCUT2D eigenvalue weighted by molar-refractivity contribution is 6.33. The molecule has 0 aliphatic carbocycles. The van der Waals surface area contributed by atoms with Crippen LogP contribution in [-0.2, 0) is 6.54 Å². The summed E-state index contributed by atoms with van der Waals surface area (Å²) in [6.45, 7) is 4.37. The fourth-order valence-electron chi connectivity index (χ4n) is 2.87. The van der Waals surface area contributed by atoms with Crippen LogP contribution in [0.5, 0.6) is 0 Å². The molecule has 22 heavy (non-hydrogen) atoms. The van der Waals surface area contributed by atoms with Gasteiger partial charge in [-0.2, -0.15) is 5.10 Å². The molecule has 1 saturated heterocycles. The molecule has 1 aromatic carbocycles. The molecule has 1 amide bonds. The number of nitrogens with zero attached hydrogens (tertiary/aromatic N) is 4. The number of aryl methyl sites for hydroxylation is 1. The average Bonchev–Trinajstić information content (AvgIpc) is 3.00. The number of hydrogen-bond acceptors (Lipinski definition) is 3. The molecule has 5 nitrogen and oxygen atoms in total. The van der Waals surface area contributed by atoms with E-state index in [4.69, 9.17) is 11.6 Å². The van der Waals surface area contributed by atoms with Crippen molar-refractivity contribution in [3.05, 3.63) is 47.0 Å². The summed E-state index contributed by atoms with van der Waals surface area (Å²) in [6, 6.07) is 5.59. The third-order valence-corrected chi connectivity index (χ3v) is 4.48. The molecule has 3 rings (SSSR count). The molecule has 6 heteroatoms. The Morgan fingerprint density at radius 3 is 2.77 bits per heavy atom. The van der Waals surface area contributed by atoms with Crippen molar-refractivity contribution in [3.8, 4) is 0 Å². The number of carbonyl (C=O) groups excluding carboxylic acids is 1. The maximum absolute atomic E-state index is 12.6. The van der Waals surface area contributed by atoms with Crippen LogP contribution in [0, 0.1) is 12.8 Å². The standard InChI is InChI=1S/C16H19ClN4O/c1-12-2-3-14(15(17)8-12)16(22)20-6-4-13(5-7-20)9-21-11-18-10-19-21/h2-3,8,10-11,13H,4-7,9H2,1H3. The Morgan fingerprint density at radius 1 is 1.36 bits per heavy atom. The highest BCUT2D eigenvalue weighted by atomic mass is 35.5. The van der Waals surface area contributed by atoms with Gasteiger partial charge in [-0.05, 0) is 43.4 Å². The van der Waals surface area contributed by atoms with E-state index in [0.717, 1.165) is 38.0 Å². The van der Waals surface area contributed by atoms with Crippen molar-refractivity contribution in [2.24, 2.45) is 5.92 Å². The monoisotopic (exact) mass is 318 g/mol. The molecule has 1 fully saturated rings. The summed E-state index contributed by atoms with van der Waals surface area (Å²) in [5, 5.41) is 4.68. The van der Waals surface area contributed by atoms with E-state index in [2.05, 4.69) is 10.1 Å². The van der Waals surface area contributed by atoms with Crippen LogP contribution in [0.4, 0.5) is 0 Å². The van der Waals surface area contributed by atoms with Crippen LogP contribution >= 0.6 is 11.6 Å². The van der Waals surface area contributed by atoms with E-state index in [-0.39, 0.29) is 5.91 Å². The number of aromatic nitrogens is 3. The van der Waals surface area contributed by atoms with Crippen molar-refractivity contribution < 1.29 is 4.79 Å². The van der Waals surface area contributed by atoms with E-state index in [9.17, 15) is 4.79 Å². The number of rotatable bonds is 3. The molecule has 1 aliphatic heterocycles. The molecule has 1 aliphatic rings. The van der Waals surface area contributed by atoms with Crippen LogP contribution in [-0.4, -0.2) is 38.7 Å². The van der Waals surface area contributed by atoms with Crippen molar-refractivity contribution in [2.75, 3.05) is 13.1 Å². The van der Waals surface area contributed by atoms with Crippen LogP contribution in [0.2, 0.25) is 5.02 Å². The Hall–Kier alpha value is -1.88. The lowest BCUT2D eigenvalue weighted by Gasteiger charge is -2.32. The van der Waals surface area contributed by atoms with Crippen LogP contribution in [0.25, 0.3) is 0 Å². The minimum absolute atomic E-state index is 0.0317. The molecule has 0 radical (unpaired) electrons. The maximum atomic E-state index is 12.6. The molecule has 1 aromatic heterocycles. The van der Waals surface area contributed by atoms with E-state index >= 15 is 0 Å². The molecule has 0 unspecified atom stereocenters. The molecule has 0 saturated carbocycles. The van der Waals surface area contributed by atoms with Gasteiger partial charge < -0.3 is 4.90 Å². The van der Waals surface area contributed by atoms with Gasteiger partial charge in [0.15, 0.2) is 0 Å². The third-order valence-electron chi connectivity index (χ3n) is 4.17. The average molecular weight is 319 g/mol. The summed E-state index contributed by atoms with van der Waals surface area (Å²) in [4.78, 5) is 18.4. The van der Waals surface area contributed by atoms with Gasteiger partial charge in [0.1, 0.15) is 12.7 Å². The Bertz CT molecular complexity index is 648. The van der Waals surface area contributed by atoms with Crippen molar-refractivity contribution in [2.45, 2.75) is 26.3 Å². The number of piperidine rings is 1. The quantitative estimate of drug-likeness (QED) is 0.874. The molecule has 116 valence electrons. The molecule has 0 bridgehead atoms. The first-order valence-corrected chi connectivity index (χ1v) is 7.89. The van der Waals surface area contributed by atoms with Gasteiger partial charge in [-0.1, -0.05) is 17.7 Å². The normalized spacial score (nSPS) is 16.0. The smallest absolute Gasteiger partial charge is 0.255 e. The van der Waals surface area contributed by atoms with Gasteiger partial charge in [-0.3, -0.25) is 9.48 Å². The van der Waals surface area contributed by atoms with Gasteiger partial charge in [0.2, 0.25) is 0 Å². The predicted octanol–water partition coefficient (Wildman–Crippen LogP) is 2.79. The largest absolute Gasteiger partial charge is 0.339 e. The summed E-state index contributed by atoms with van der Waals surface area (Å²) in [6.07, 6.45) is 5.26. The van der Waals surface area contributed by atoms with Crippen LogP contribution in [0.3, 0.4) is 0 Å². The molecule has 2 heterocycles. The number of hydrogen-bond donors (Lipinski definition) is 0. The summed E-state index contributed by atoms with van der Waals surface area (Å²) >= 11 is 6.20. The first kappa shape index (κ1) is 15.0. The van der Waals surface area contributed by atoms with Gasteiger partial charge in [0.05, 0.1) is 10.6 Å². The minimum Gasteiger partial charge on any atom is -0.339 e. The molecule has 0 spiro atoms.